The minimum absolute atomic E-state index is 0.00179. The first-order chi connectivity index (χ1) is 7.40. The van der Waals surface area contributed by atoms with Crippen molar-refractivity contribution in [3.8, 4) is 5.75 Å². The van der Waals surface area contributed by atoms with E-state index < -0.39 is 17.2 Å². The number of hydrogen-bond donors (Lipinski definition) is 1. The smallest absolute Gasteiger partial charge is 0.308 e. The van der Waals surface area contributed by atoms with Crippen LogP contribution in [0.1, 0.15) is 6.92 Å². The Morgan fingerprint density at radius 3 is 2.31 bits per heavy atom. The fourth-order valence-corrected chi connectivity index (χ4v) is 1.83. The third kappa shape index (κ3) is 3.64. The molecule has 1 aromatic rings. The second-order valence-electron chi connectivity index (χ2n) is 2.70. The van der Waals surface area contributed by atoms with Gasteiger partial charge in [-0.1, -0.05) is 23.2 Å². The van der Waals surface area contributed by atoms with Crippen LogP contribution in [-0.2, 0) is 16.1 Å². The molecule has 0 aliphatic rings. The van der Waals surface area contributed by atoms with Crippen molar-refractivity contribution in [3.63, 3.8) is 0 Å². The SMILES string of the molecule is CC(=O)Oc1c(Cl)cc(NS(=O)[O-])cc1Cl. The van der Waals surface area contributed by atoms with E-state index in [0.717, 1.165) is 0 Å². The molecule has 1 N–H and O–H groups in total. The number of nitrogens with one attached hydrogen (secondary N) is 1. The van der Waals surface area contributed by atoms with E-state index in [1.54, 1.807) is 0 Å². The van der Waals surface area contributed by atoms with Gasteiger partial charge in [0.25, 0.3) is 0 Å². The zero-order valence-corrected chi connectivity index (χ0v) is 10.3. The standard InChI is InChI=1S/C8H7Cl2NO4S/c1-4(12)15-8-6(9)2-5(3-7(8)10)11-16(13)14/h2-3,11H,1H3,(H,13,14)/p-1. The van der Waals surface area contributed by atoms with Crippen molar-refractivity contribution in [1.29, 1.82) is 0 Å². The molecule has 0 radical (unpaired) electrons. The quantitative estimate of drug-likeness (QED) is 0.523. The zero-order chi connectivity index (χ0) is 12.3. The van der Waals surface area contributed by atoms with Gasteiger partial charge in [-0.25, -0.2) is 0 Å². The van der Waals surface area contributed by atoms with Crippen LogP contribution in [0.5, 0.6) is 5.75 Å². The van der Waals surface area contributed by atoms with E-state index in [2.05, 4.69) is 4.72 Å². The molecule has 16 heavy (non-hydrogen) atoms. The topological polar surface area (TPSA) is 78.5 Å². The number of benzene rings is 1. The number of rotatable bonds is 3. The first kappa shape index (κ1) is 13.2. The van der Waals surface area contributed by atoms with Gasteiger partial charge in [0.15, 0.2) is 5.75 Å². The van der Waals surface area contributed by atoms with Crippen LogP contribution < -0.4 is 9.46 Å². The number of esters is 1. The van der Waals surface area contributed by atoms with Crippen LogP contribution in [0.25, 0.3) is 0 Å². The van der Waals surface area contributed by atoms with Crippen LogP contribution in [0.2, 0.25) is 10.0 Å². The minimum Gasteiger partial charge on any atom is -0.755 e. The number of carbonyl (C=O) groups excluding carboxylic acids is 1. The van der Waals surface area contributed by atoms with Crippen LogP contribution in [0.4, 0.5) is 5.69 Å². The molecule has 0 spiro atoms. The van der Waals surface area contributed by atoms with Gasteiger partial charge in [0.2, 0.25) is 0 Å². The summed E-state index contributed by atoms with van der Waals surface area (Å²) in [7, 11) is 0. The Bertz CT molecular complexity index is 429. The van der Waals surface area contributed by atoms with E-state index >= 15 is 0 Å². The highest BCUT2D eigenvalue weighted by molar-refractivity contribution is 7.80. The second-order valence-corrected chi connectivity index (χ2v) is 4.19. The molecule has 0 aromatic heterocycles. The number of hydrogen-bond acceptors (Lipinski definition) is 4. The third-order valence-corrected chi connectivity index (χ3v) is 2.41. The van der Waals surface area contributed by atoms with Crippen molar-refractivity contribution in [2.45, 2.75) is 6.92 Å². The predicted molar refractivity (Wildman–Crippen MR) is 60.3 cm³/mol. The van der Waals surface area contributed by atoms with E-state index in [4.69, 9.17) is 27.9 Å². The summed E-state index contributed by atoms with van der Waals surface area (Å²) >= 11 is 9.04. The van der Waals surface area contributed by atoms with Gasteiger partial charge in [0.05, 0.1) is 10.0 Å². The Morgan fingerprint density at radius 2 is 1.94 bits per heavy atom. The molecule has 0 aliphatic carbocycles. The van der Waals surface area contributed by atoms with E-state index in [1.807, 2.05) is 0 Å². The summed E-state index contributed by atoms with van der Waals surface area (Å²) in [5.74, 6) is -0.574. The molecular weight excluding hydrogens is 277 g/mol. The van der Waals surface area contributed by atoms with Crippen molar-refractivity contribution in [2.75, 3.05) is 4.72 Å². The fourth-order valence-electron chi connectivity index (χ4n) is 0.956. The molecule has 0 saturated heterocycles. The summed E-state index contributed by atoms with van der Waals surface area (Å²) in [6.45, 7) is 1.20. The Kier molecular flexibility index (Phi) is 4.55. The van der Waals surface area contributed by atoms with Gasteiger partial charge < -0.3 is 14.0 Å². The molecular formula is C8H6Cl2NO4S-. The van der Waals surface area contributed by atoms with E-state index in [0.29, 0.717) is 0 Å². The molecule has 5 nitrogen and oxygen atoms in total. The van der Waals surface area contributed by atoms with E-state index in [9.17, 15) is 13.6 Å². The lowest BCUT2D eigenvalue weighted by atomic mass is 10.3. The van der Waals surface area contributed by atoms with Gasteiger partial charge in [-0.3, -0.25) is 9.00 Å². The average Bonchev–Trinajstić information content (AvgIpc) is 2.10. The highest BCUT2D eigenvalue weighted by atomic mass is 35.5. The summed E-state index contributed by atoms with van der Waals surface area (Å²) < 4.78 is 27.6. The second kappa shape index (κ2) is 5.49. The van der Waals surface area contributed by atoms with Crippen LogP contribution in [0.3, 0.4) is 0 Å². The first-order valence-corrected chi connectivity index (χ1v) is 5.76. The van der Waals surface area contributed by atoms with Crippen molar-refractivity contribution in [2.24, 2.45) is 0 Å². The van der Waals surface area contributed by atoms with Crippen molar-refractivity contribution >= 4 is 46.1 Å². The lowest BCUT2D eigenvalue weighted by molar-refractivity contribution is -0.131. The van der Waals surface area contributed by atoms with E-state index in [1.165, 1.54) is 19.1 Å². The van der Waals surface area contributed by atoms with Gasteiger partial charge in [-0.2, -0.15) is 0 Å². The third-order valence-electron chi connectivity index (χ3n) is 1.45. The normalized spacial score (nSPS) is 12.0. The molecule has 0 heterocycles. The Morgan fingerprint density at radius 1 is 1.44 bits per heavy atom. The monoisotopic (exact) mass is 282 g/mol. The maximum atomic E-state index is 10.7. The highest BCUT2D eigenvalue weighted by Crippen LogP contribution is 2.36. The molecule has 0 amide bonds. The number of halogens is 2. The summed E-state index contributed by atoms with van der Waals surface area (Å²) in [6, 6.07) is 2.56. The molecule has 0 fully saturated rings. The van der Waals surface area contributed by atoms with Gasteiger partial charge in [0, 0.05) is 23.9 Å². The largest absolute Gasteiger partial charge is 0.755 e. The first-order valence-electron chi connectivity index (χ1n) is 3.93. The summed E-state index contributed by atoms with van der Waals surface area (Å²) in [6.07, 6.45) is 0. The number of ether oxygens (including phenoxy) is 1. The molecule has 8 heteroatoms. The minimum atomic E-state index is -2.48. The maximum absolute atomic E-state index is 10.7. The van der Waals surface area contributed by atoms with Gasteiger partial charge in [-0.05, 0) is 12.1 Å². The number of anilines is 1. The molecule has 1 atom stereocenters. The Labute approximate surface area is 104 Å². The van der Waals surface area contributed by atoms with Gasteiger partial charge >= 0.3 is 5.97 Å². The maximum Gasteiger partial charge on any atom is 0.308 e. The van der Waals surface area contributed by atoms with Crippen LogP contribution in [-0.4, -0.2) is 14.7 Å². The Hall–Kier alpha value is -0.820. The molecule has 0 saturated carbocycles. The summed E-state index contributed by atoms with van der Waals surface area (Å²) in [5, 5.41) is 0.0753. The van der Waals surface area contributed by atoms with E-state index in [-0.39, 0.29) is 21.5 Å². The van der Waals surface area contributed by atoms with Gasteiger partial charge in [-0.15, -0.1) is 0 Å². The van der Waals surface area contributed by atoms with Crippen molar-refractivity contribution < 1.29 is 18.3 Å². The van der Waals surface area contributed by atoms with Gasteiger partial charge in [0.1, 0.15) is 0 Å². The number of carbonyl (C=O) groups is 1. The Balaban J connectivity index is 3.06. The lowest BCUT2D eigenvalue weighted by Crippen LogP contribution is -2.05. The molecule has 0 aliphatic heterocycles. The van der Waals surface area contributed by atoms with Crippen LogP contribution >= 0.6 is 23.2 Å². The molecule has 1 aromatic carbocycles. The average molecular weight is 283 g/mol. The van der Waals surface area contributed by atoms with Crippen molar-refractivity contribution in [1.82, 2.24) is 0 Å². The highest BCUT2D eigenvalue weighted by Gasteiger charge is 2.11. The van der Waals surface area contributed by atoms with Crippen molar-refractivity contribution in [3.05, 3.63) is 22.2 Å². The summed E-state index contributed by atoms with van der Waals surface area (Å²) in [5.41, 5.74) is 0.180. The molecule has 1 unspecified atom stereocenters. The zero-order valence-electron chi connectivity index (χ0n) is 7.95. The predicted octanol–water partition coefficient (Wildman–Crippen LogP) is 2.12. The molecule has 88 valence electrons. The van der Waals surface area contributed by atoms with Crippen LogP contribution in [0, 0.1) is 0 Å². The summed E-state index contributed by atoms with van der Waals surface area (Å²) in [4.78, 5) is 10.7. The molecule has 0 bridgehead atoms. The molecule has 1 rings (SSSR count). The van der Waals surface area contributed by atoms with Crippen LogP contribution in [0.15, 0.2) is 12.1 Å². The lowest BCUT2D eigenvalue weighted by Gasteiger charge is -2.12. The fraction of sp³-hybridized carbons (Fsp3) is 0.125.